The van der Waals surface area contributed by atoms with Gasteiger partial charge in [-0.05, 0) is 70.3 Å². The van der Waals surface area contributed by atoms with Crippen LogP contribution in [0.25, 0.3) is 0 Å². The first kappa shape index (κ1) is 20.5. The molecule has 1 aromatic rings. The van der Waals surface area contributed by atoms with Crippen molar-refractivity contribution >= 4 is 5.91 Å². The number of nitrogens with zero attached hydrogens (tertiary/aromatic N) is 3. The Morgan fingerprint density at radius 2 is 1.64 bits per heavy atom. The van der Waals surface area contributed by atoms with Crippen LogP contribution < -0.4 is 0 Å². The molecule has 4 nitrogen and oxygen atoms in total. The molecular weight excluding hydrogens is 354 g/mol. The van der Waals surface area contributed by atoms with Gasteiger partial charge in [-0.1, -0.05) is 13.3 Å². The molecule has 130 valence electrons. The number of carbonyl (C=O) groups is 1. The minimum Gasteiger partial charge on any atom is -0.335 e. The van der Waals surface area contributed by atoms with Crippen LogP contribution in [0.1, 0.15) is 35.9 Å². The van der Waals surface area contributed by atoms with E-state index in [0.29, 0.717) is 0 Å². The van der Waals surface area contributed by atoms with Crippen LogP contribution in [0.15, 0.2) is 6.07 Å². The quantitative estimate of drug-likeness (QED) is 0.757. The minimum atomic E-state index is 0. The van der Waals surface area contributed by atoms with E-state index in [1.54, 1.807) is 0 Å². The number of unbranched alkanes of at least 4 members (excludes halogenated alkanes) is 1. The Hall–Kier alpha value is -0.801. The summed E-state index contributed by atoms with van der Waals surface area (Å²) in [4.78, 5) is 14.3. The first-order chi connectivity index (χ1) is 11.8. The second kappa shape index (κ2) is 10.4. The monoisotopic (exact) mass is 377 g/mol. The number of aromatic nitrogens is 2. The van der Waals surface area contributed by atoms with Crippen LogP contribution in [-0.4, -0.2) is 33.7 Å². The smallest absolute Gasteiger partial charge is 0.335 e. The van der Waals surface area contributed by atoms with Gasteiger partial charge >= 0.3 is 17.1 Å². The van der Waals surface area contributed by atoms with Crippen molar-refractivity contribution in [1.82, 2.24) is 14.7 Å². The van der Waals surface area contributed by atoms with Crippen LogP contribution in [0.2, 0.25) is 0 Å². The molecule has 0 spiro atoms. The van der Waals surface area contributed by atoms with Gasteiger partial charge in [-0.3, -0.25) is 9.48 Å². The molecule has 2 fully saturated rings. The van der Waals surface area contributed by atoms with Gasteiger partial charge in [0.2, 0.25) is 0 Å². The van der Waals surface area contributed by atoms with E-state index < -0.39 is 0 Å². The van der Waals surface area contributed by atoms with Gasteiger partial charge in [-0.2, -0.15) is 5.10 Å². The molecule has 1 aliphatic heterocycles. The summed E-state index contributed by atoms with van der Waals surface area (Å²) in [5.41, 5.74) is 1.62. The number of carbonyl (C=O) groups excluding carboxylic acids is 1. The van der Waals surface area contributed by atoms with Gasteiger partial charge in [0.15, 0.2) is 0 Å². The summed E-state index contributed by atoms with van der Waals surface area (Å²) in [5.74, 6) is 1.19. The zero-order valence-corrected chi connectivity index (χ0v) is 15.5. The fourth-order valence-corrected chi connectivity index (χ4v) is 2.81. The van der Waals surface area contributed by atoms with E-state index in [-0.39, 0.29) is 23.0 Å². The molecule has 3 aliphatic rings. The molecule has 4 rings (SSSR count). The summed E-state index contributed by atoms with van der Waals surface area (Å²) in [6, 6.07) is 1.91. The Kier molecular flexibility index (Phi) is 8.51. The van der Waals surface area contributed by atoms with Crippen molar-refractivity contribution in [3.63, 3.8) is 0 Å². The molecule has 1 amide bonds. The molecule has 5 heteroatoms. The van der Waals surface area contributed by atoms with Crippen LogP contribution in [0.5, 0.6) is 0 Å². The number of fused-ring (bicyclic) bond motifs is 1. The molecule has 2 aliphatic carbocycles. The molecule has 0 atom stereocenters. The van der Waals surface area contributed by atoms with Gasteiger partial charge in [-0.15, -0.1) is 0 Å². The molecule has 10 radical (unpaired) electrons. The topological polar surface area (TPSA) is 38.1 Å². The zero-order chi connectivity index (χ0) is 16.8. The fraction of sp³-hybridized carbons (Fsp3) is 0.300. The van der Waals surface area contributed by atoms with E-state index >= 15 is 0 Å². The van der Waals surface area contributed by atoms with Crippen LogP contribution in [0, 0.1) is 63.7 Å². The van der Waals surface area contributed by atoms with E-state index in [1.165, 1.54) is 0 Å². The molecule has 0 N–H and O–H groups in total. The van der Waals surface area contributed by atoms with Crippen molar-refractivity contribution in [3.05, 3.63) is 81.2 Å². The predicted molar refractivity (Wildman–Crippen MR) is 94.1 cm³/mol. The van der Waals surface area contributed by atoms with Crippen molar-refractivity contribution in [2.75, 3.05) is 13.1 Å². The van der Waals surface area contributed by atoms with E-state index in [0.717, 1.165) is 49.8 Å². The molecule has 0 aromatic carbocycles. The van der Waals surface area contributed by atoms with Crippen molar-refractivity contribution in [1.29, 1.82) is 0 Å². The third-order valence-corrected chi connectivity index (χ3v) is 4.16. The predicted octanol–water partition coefficient (Wildman–Crippen LogP) is 2.91. The Balaban J connectivity index is 0.000000325. The average Bonchev–Trinajstić information content (AvgIpc) is 3.36. The Bertz CT molecular complexity index is 525. The number of rotatable bonds is 4. The van der Waals surface area contributed by atoms with Crippen molar-refractivity contribution in [3.8, 4) is 0 Å². The van der Waals surface area contributed by atoms with Gasteiger partial charge in [0.1, 0.15) is 5.69 Å². The van der Waals surface area contributed by atoms with Crippen LogP contribution in [0.3, 0.4) is 0 Å². The van der Waals surface area contributed by atoms with E-state index in [4.69, 9.17) is 0 Å². The van der Waals surface area contributed by atoms with Crippen LogP contribution in [0.4, 0.5) is 0 Å². The Morgan fingerprint density at radius 3 is 2.24 bits per heavy atom. The molecule has 2 heterocycles. The van der Waals surface area contributed by atoms with Crippen LogP contribution >= 0.6 is 0 Å². The molecule has 2 saturated carbocycles. The SMILES string of the molecule is CCCCN1CCn2nc([C]3[CH][CH][CH][CH]3)cc2C1=O.[CH]1[CH][CH][CH][CH]1.[Fe+2]. The third-order valence-electron chi connectivity index (χ3n) is 4.16. The number of hydrogen-bond donors (Lipinski definition) is 0. The van der Waals surface area contributed by atoms with Gasteiger partial charge in [0.25, 0.3) is 5.91 Å². The van der Waals surface area contributed by atoms with E-state index in [2.05, 4.69) is 12.0 Å². The fourth-order valence-electron chi connectivity index (χ4n) is 2.81. The molecule has 0 bridgehead atoms. The summed E-state index contributed by atoms with van der Waals surface area (Å²) in [6.07, 6.45) is 20.2. The second-order valence-electron chi connectivity index (χ2n) is 5.92. The van der Waals surface area contributed by atoms with Crippen molar-refractivity contribution in [2.45, 2.75) is 26.3 Å². The first-order valence-corrected chi connectivity index (χ1v) is 8.55. The van der Waals surface area contributed by atoms with Gasteiger partial charge in [0.05, 0.1) is 12.2 Å². The maximum Gasteiger partial charge on any atom is 2.00 e. The van der Waals surface area contributed by atoms with Gasteiger partial charge < -0.3 is 4.90 Å². The van der Waals surface area contributed by atoms with Crippen LogP contribution in [-0.2, 0) is 23.6 Å². The standard InChI is InChI=1S/C15H18N3O.C5H5.Fe/c1-2-3-8-17-9-10-18-14(15(17)19)11-13(16-18)12-6-4-5-7-12;1-2-4-5-3-1;/h4-7,11H,2-3,8-10H2,1H3;1-5H;/q;;+2. The number of amides is 1. The largest absolute Gasteiger partial charge is 2.00 e. The van der Waals surface area contributed by atoms with Gasteiger partial charge in [-0.25, -0.2) is 0 Å². The van der Waals surface area contributed by atoms with Crippen molar-refractivity contribution < 1.29 is 21.9 Å². The summed E-state index contributed by atoms with van der Waals surface area (Å²) >= 11 is 0. The van der Waals surface area contributed by atoms with E-state index in [9.17, 15) is 4.79 Å². The minimum absolute atomic E-state index is 0. The summed E-state index contributed by atoms with van der Waals surface area (Å²) < 4.78 is 1.84. The normalized spacial score (nSPS) is 20.0. The maximum atomic E-state index is 12.4. The summed E-state index contributed by atoms with van der Waals surface area (Å²) in [6.45, 7) is 4.57. The summed E-state index contributed by atoms with van der Waals surface area (Å²) in [5, 5.41) is 4.53. The Morgan fingerprint density at radius 1 is 1.00 bits per heavy atom. The molecule has 1 aromatic heterocycles. The molecule has 0 saturated heterocycles. The molecule has 0 unspecified atom stereocenters. The maximum absolute atomic E-state index is 12.4. The Labute approximate surface area is 163 Å². The number of hydrogen-bond acceptors (Lipinski definition) is 2. The average molecular weight is 377 g/mol. The molecule has 25 heavy (non-hydrogen) atoms. The second-order valence-corrected chi connectivity index (χ2v) is 5.92. The summed E-state index contributed by atoms with van der Waals surface area (Å²) in [7, 11) is 0. The molecular formula is C20H23FeN3O+2. The first-order valence-electron chi connectivity index (χ1n) is 8.55. The third kappa shape index (κ3) is 5.34. The van der Waals surface area contributed by atoms with E-state index in [1.807, 2.05) is 73.4 Å². The van der Waals surface area contributed by atoms with Gasteiger partial charge in [0, 0.05) is 19.0 Å². The van der Waals surface area contributed by atoms with Crippen molar-refractivity contribution in [2.24, 2.45) is 0 Å². The zero-order valence-electron chi connectivity index (χ0n) is 14.4.